The van der Waals surface area contributed by atoms with Gasteiger partial charge in [-0.3, -0.25) is 14.0 Å². The number of fused-ring (bicyclic) bond motifs is 1. The smallest absolute Gasteiger partial charge is 0.269 e. The van der Waals surface area contributed by atoms with E-state index in [-0.39, 0.29) is 17.3 Å². The number of ether oxygens (including phenoxy) is 1. The lowest BCUT2D eigenvalue weighted by Gasteiger charge is -2.06. The van der Waals surface area contributed by atoms with Crippen molar-refractivity contribution in [1.82, 2.24) is 9.38 Å². The number of hydrogen-bond acceptors (Lipinski definition) is 5. The third kappa shape index (κ3) is 2.38. The predicted molar refractivity (Wildman–Crippen MR) is 84.5 cm³/mol. The molecular formula is C16H14N4O3. The van der Waals surface area contributed by atoms with Gasteiger partial charge in [0.15, 0.2) is 11.5 Å². The van der Waals surface area contributed by atoms with E-state index in [0.29, 0.717) is 22.5 Å². The summed E-state index contributed by atoms with van der Waals surface area (Å²) in [5.74, 6) is -0.562. The Morgan fingerprint density at radius 1 is 1.22 bits per heavy atom. The van der Waals surface area contributed by atoms with Gasteiger partial charge in [-0.25, -0.2) is 4.98 Å². The fraction of sp³-hybridized carbons (Fsp3) is 0.0625. The minimum Gasteiger partial charge on any atom is -0.495 e. The number of methoxy groups -OCH3 is 1. The van der Waals surface area contributed by atoms with E-state index in [1.54, 1.807) is 36.5 Å². The summed E-state index contributed by atoms with van der Waals surface area (Å²) in [6, 6.07) is 9.84. The van der Waals surface area contributed by atoms with Crippen molar-refractivity contribution in [3.63, 3.8) is 0 Å². The molecule has 0 bridgehead atoms. The monoisotopic (exact) mass is 310 g/mol. The Morgan fingerprint density at radius 2 is 2.00 bits per heavy atom. The van der Waals surface area contributed by atoms with Crippen LogP contribution in [0.2, 0.25) is 0 Å². The van der Waals surface area contributed by atoms with E-state index in [9.17, 15) is 9.59 Å². The number of carbonyl (C=O) groups is 2. The maximum atomic E-state index is 12.7. The van der Waals surface area contributed by atoms with Gasteiger partial charge in [-0.2, -0.15) is 0 Å². The molecule has 1 aromatic carbocycles. The van der Waals surface area contributed by atoms with Crippen LogP contribution in [0.3, 0.4) is 0 Å². The second-order valence-corrected chi connectivity index (χ2v) is 4.89. The largest absolute Gasteiger partial charge is 0.495 e. The van der Waals surface area contributed by atoms with Gasteiger partial charge in [0, 0.05) is 11.8 Å². The highest BCUT2D eigenvalue weighted by atomic mass is 16.5. The second-order valence-electron chi connectivity index (χ2n) is 4.89. The van der Waals surface area contributed by atoms with Gasteiger partial charge in [0.25, 0.3) is 5.91 Å². The molecule has 0 aliphatic carbocycles. The van der Waals surface area contributed by atoms with E-state index in [4.69, 9.17) is 16.2 Å². The van der Waals surface area contributed by atoms with Crippen molar-refractivity contribution < 1.29 is 14.3 Å². The van der Waals surface area contributed by atoms with E-state index in [1.807, 2.05) is 0 Å². The summed E-state index contributed by atoms with van der Waals surface area (Å²) in [6.45, 7) is 0. The molecule has 2 heterocycles. The highest BCUT2D eigenvalue weighted by Crippen LogP contribution is 2.24. The van der Waals surface area contributed by atoms with Gasteiger partial charge < -0.3 is 16.2 Å². The second kappa shape index (κ2) is 5.45. The standard InChI is InChI=1S/C16H14N4O3/c1-23-12-8-9(5-6-10(12)17)14(21)16-19-13(15(18)22)11-4-2-3-7-20(11)16/h2-8H,17H2,1H3,(H2,18,22). The number of aromatic nitrogens is 2. The van der Waals surface area contributed by atoms with Gasteiger partial charge >= 0.3 is 0 Å². The van der Waals surface area contributed by atoms with E-state index < -0.39 is 5.91 Å². The Kier molecular flexibility index (Phi) is 3.46. The summed E-state index contributed by atoms with van der Waals surface area (Å²) >= 11 is 0. The SMILES string of the molecule is COc1cc(C(=O)c2nc(C(N)=O)c3ccccn23)ccc1N. The van der Waals surface area contributed by atoms with Crippen molar-refractivity contribution in [2.75, 3.05) is 12.8 Å². The quantitative estimate of drug-likeness (QED) is 0.556. The first-order valence-corrected chi connectivity index (χ1v) is 6.78. The number of nitrogens with two attached hydrogens (primary N) is 2. The fourth-order valence-corrected chi connectivity index (χ4v) is 2.36. The molecule has 3 rings (SSSR count). The normalized spacial score (nSPS) is 10.7. The Morgan fingerprint density at radius 3 is 2.70 bits per heavy atom. The highest BCUT2D eigenvalue weighted by Gasteiger charge is 2.21. The van der Waals surface area contributed by atoms with E-state index in [0.717, 1.165) is 0 Å². The van der Waals surface area contributed by atoms with Crippen molar-refractivity contribution in [1.29, 1.82) is 0 Å². The number of amides is 1. The van der Waals surface area contributed by atoms with E-state index in [1.165, 1.54) is 17.6 Å². The molecule has 3 aromatic rings. The number of rotatable bonds is 4. The lowest BCUT2D eigenvalue weighted by molar-refractivity contribution is 0.0997. The van der Waals surface area contributed by atoms with Crippen LogP contribution >= 0.6 is 0 Å². The Labute approximate surface area is 131 Å². The number of hydrogen-bond donors (Lipinski definition) is 2. The highest BCUT2D eigenvalue weighted by molar-refractivity contribution is 6.09. The third-order valence-electron chi connectivity index (χ3n) is 3.48. The first-order valence-electron chi connectivity index (χ1n) is 6.78. The van der Waals surface area contributed by atoms with Crippen LogP contribution in [0.1, 0.15) is 26.7 Å². The fourth-order valence-electron chi connectivity index (χ4n) is 2.36. The summed E-state index contributed by atoms with van der Waals surface area (Å²) in [6.07, 6.45) is 1.65. The molecule has 23 heavy (non-hydrogen) atoms. The van der Waals surface area contributed by atoms with Crippen LogP contribution in [0.5, 0.6) is 5.75 Å². The van der Waals surface area contributed by atoms with Crippen molar-refractivity contribution in [3.8, 4) is 5.75 Å². The van der Waals surface area contributed by atoms with E-state index >= 15 is 0 Å². The summed E-state index contributed by atoms with van der Waals surface area (Å²) in [4.78, 5) is 28.4. The van der Waals surface area contributed by atoms with Crippen molar-refractivity contribution in [2.24, 2.45) is 5.73 Å². The zero-order valence-corrected chi connectivity index (χ0v) is 12.3. The number of benzene rings is 1. The Bertz CT molecular complexity index is 930. The number of ketones is 1. The van der Waals surface area contributed by atoms with Gasteiger partial charge in [-0.1, -0.05) is 6.07 Å². The molecule has 7 heteroatoms. The Balaban J connectivity index is 2.17. The van der Waals surface area contributed by atoms with Gasteiger partial charge in [0.1, 0.15) is 5.75 Å². The van der Waals surface area contributed by atoms with Gasteiger partial charge in [0.05, 0.1) is 18.3 Å². The minimum atomic E-state index is -0.692. The van der Waals surface area contributed by atoms with Crippen molar-refractivity contribution in [2.45, 2.75) is 0 Å². The molecule has 0 fully saturated rings. The molecule has 7 nitrogen and oxygen atoms in total. The number of nitrogens with zero attached hydrogens (tertiary/aromatic N) is 2. The number of primary amides is 1. The number of carbonyl (C=O) groups excluding carboxylic acids is 2. The lowest BCUT2D eigenvalue weighted by atomic mass is 10.1. The van der Waals surface area contributed by atoms with Gasteiger partial charge in [0.2, 0.25) is 5.78 Å². The average Bonchev–Trinajstić information content (AvgIpc) is 2.94. The van der Waals surface area contributed by atoms with Crippen LogP contribution in [0.4, 0.5) is 5.69 Å². The zero-order valence-electron chi connectivity index (χ0n) is 12.3. The molecule has 0 unspecified atom stereocenters. The third-order valence-corrected chi connectivity index (χ3v) is 3.48. The summed E-state index contributed by atoms with van der Waals surface area (Å²) < 4.78 is 6.66. The molecule has 0 atom stereocenters. The first kappa shape index (κ1) is 14.6. The lowest BCUT2D eigenvalue weighted by Crippen LogP contribution is -2.12. The molecule has 2 aromatic heterocycles. The topological polar surface area (TPSA) is 113 Å². The molecule has 0 radical (unpaired) electrons. The maximum Gasteiger partial charge on any atom is 0.269 e. The molecule has 0 spiro atoms. The Hall–Kier alpha value is -3.35. The predicted octanol–water partition coefficient (Wildman–Crippen LogP) is 1.26. The van der Waals surface area contributed by atoms with Gasteiger partial charge in [-0.15, -0.1) is 0 Å². The molecule has 0 aliphatic heterocycles. The summed E-state index contributed by atoms with van der Waals surface area (Å²) in [7, 11) is 1.47. The first-order chi connectivity index (χ1) is 11.0. The molecule has 116 valence electrons. The average molecular weight is 310 g/mol. The van der Waals surface area contributed by atoms with Crippen LogP contribution < -0.4 is 16.2 Å². The van der Waals surface area contributed by atoms with Crippen LogP contribution in [0.15, 0.2) is 42.6 Å². The number of anilines is 1. The van der Waals surface area contributed by atoms with Crippen LogP contribution in [0.25, 0.3) is 5.52 Å². The summed E-state index contributed by atoms with van der Waals surface area (Å²) in [5, 5.41) is 0. The van der Waals surface area contributed by atoms with Gasteiger partial charge in [-0.05, 0) is 30.3 Å². The van der Waals surface area contributed by atoms with E-state index in [2.05, 4.69) is 4.98 Å². The number of pyridine rings is 1. The van der Waals surface area contributed by atoms with Crippen LogP contribution in [0, 0.1) is 0 Å². The van der Waals surface area contributed by atoms with Crippen molar-refractivity contribution >= 4 is 22.9 Å². The molecule has 4 N–H and O–H groups in total. The van der Waals surface area contributed by atoms with Crippen molar-refractivity contribution in [3.05, 3.63) is 59.7 Å². The maximum absolute atomic E-state index is 12.7. The van der Waals surface area contributed by atoms with Crippen LogP contribution in [-0.4, -0.2) is 28.2 Å². The number of imidazole rings is 1. The molecule has 0 saturated carbocycles. The molecule has 0 saturated heterocycles. The van der Waals surface area contributed by atoms with Crippen LogP contribution in [-0.2, 0) is 0 Å². The minimum absolute atomic E-state index is 0.0522. The molecule has 0 aliphatic rings. The number of nitrogen functional groups attached to an aromatic ring is 1. The summed E-state index contributed by atoms with van der Waals surface area (Å²) in [5.41, 5.74) is 12.4. The zero-order chi connectivity index (χ0) is 16.6. The molecular weight excluding hydrogens is 296 g/mol. The molecule has 1 amide bonds.